The standard InChI is InChI=1S/BHN4/c2-1-4-5-3/h2H. The van der Waals surface area contributed by atoms with Gasteiger partial charge in [0, 0.05) is 0 Å². The van der Waals surface area contributed by atoms with E-state index in [-0.39, 0.29) is 0 Å². The molecule has 0 heterocycles. The zero-order chi connectivity index (χ0) is 4.12. The molecule has 4 nitrogen and oxygen atoms in total. The molecule has 0 aromatic heterocycles. The molecule has 0 amide bonds. The van der Waals surface area contributed by atoms with Gasteiger partial charge in [-0.25, -0.2) is 0 Å². The van der Waals surface area contributed by atoms with Crippen molar-refractivity contribution in [1.82, 2.24) is 0 Å². The Bertz CT molecular complexity index is 67.7. The van der Waals surface area contributed by atoms with E-state index in [1.807, 2.05) is 0 Å². The van der Waals surface area contributed by atoms with Crippen molar-refractivity contribution in [2.75, 3.05) is 0 Å². The minimum atomic E-state index is 0.639. The van der Waals surface area contributed by atoms with Crippen LogP contribution in [0.15, 0.2) is 5.03 Å². The molecule has 0 atom stereocenters. The Labute approximate surface area is 29.2 Å². The second kappa shape index (κ2) is 3.17. The van der Waals surface area contributed by atoms with E-state index in [2.05, 4.69) is 9.94 Å². The molecule has 0 aromatic carbocycles. The van der Waals surface area contributed by atoms with Crippen molar-refractivity contribution in [3.63, 3.8) is 0 Å². The molecule has 5 heavy (non-hydrogen) atoms. The SMILES string of the molecule is [N-]=[N+]=NB=N. The maximum absolute atomic E-state index is 7.37. The van der Waals surface area contributed by atoms with Gasteiger partial charge in [0.05, 0.1) is 0 Å². The zero-order valence-corrected chi connectivity index (χ0v) is 2.42. The van der Waals surface area contributed by atoms with Crippen LogP contribution in [0, 0.1) is 5.31 Å². The van der Waals surface area contributed by atoms with E-state index < -0.39 is 0 Å². The first-order valence-corrected chi connectivity index (χ1v) is 0.947. The van der Waals surface area contributed by atoms with Crippen LogP contribution < -0.4 is 0 Å². The molecule has 0 spiro atoms. The first-order valence-electron chi connectivity index (χ1n) is 0.947. The molecule has 0 bridgehead atoms. The van der Waals surface area contributed by atoms with Crippen LogP contribution in [0.3, 0.4) is 0 Å². The fourth-order valence-electron chi connectivity index (χ4n) is 0.0258. The van der Waals surface area contributed by atoms with Crippen molar-refractivity contribution in [3.8, 4) is 0 Å². The van der Waals surface area contributed by atoms with Gasteiger partial charge < -0.3 is 0 Å². The van der Waals surface area contributed by atoms with Gasteiger partial charge in [-0.05, 0) is 0 Å². The summed E-state index contributed by atoms with van der Waals surface area (Å²) in [6.07, 6.45) is 0. The Hall–Kier alpha value is -0.825. The van der Waals surface area contributed by atoms with E-state index in [1.54, 1.807) is 0 Å². The van der Waals surface area contributed by atoms with Gasteiger partial charge in [-0.15, -0.1) is 0 Å². The van der Waals surface area contributed by atoms with Crippen molar-refractivity contribution in [3.05, 3.63) is 10.4 Å². The van der Waals surface area contributed by atoms with Crippen molar-refractivity contribution in [2.45, 2.75) is 0 Å². The second-order valence-corrected chi connectivity index (χ2v) is 0.334. The van der Waals surface area contributed by atoms with Gasteiger partial charge in [-0.2, -0.15) is 0 Å². The summed E-state index contributed by atoms with van der Waals surface area (Å²) in [5.74, 6) is 0. The molecule has 1 N–H and O–H groups in total. The average molecular weight is 67.8 g/mol. The van der Waals surface area contributed by atoms with Crippen molar-refractivity contribution in [2.24, 2.45) is 5.03 Å². The third kappa shape index (κ3) is 3.17. The monoisotopic (exact) mass is 68.0 g/mol. The summed E-state index contributed by atoms with van der Waals surface area (Å²) in [6, 6.07) is 0. The zero-order valence-electron chi connectivity index (χ0n) is 2.42. The normalized spacial score (nSPS) is 4.00. The Balaban J connectivity index is 3.31. The fourth-order valence-corrected chi connectivity index (χ4v) is 0.0258. The molecule has 0 fully saturated rings. The quantitative estimate of drug-likeness (QED) is 0.203. The van der Waals surface area contributed by atoms with E-state index in [0.29, 0.717) is 7.21 Å². The van der Waals surface area contributed by atoms with E-state index in [1.165, 1.54) is 0 Å². The van der Waals surface area contributed by atoms with E-state index >= 15 is 0 Å². The summed E-state index contributed by atoms with van der Waals surface area (Å²) >= 11 is 0. The summed E-state index contributed by atoms with van der Waals surface area (Å²) in [5, 5.41) is 8.75. The molecule has 0 rings (SSSR count). The number of azide groups is 1. The van der Waals surface area contributed by atoms with Crippen LogP contribution in [0.25, 0.3) is 10.4 Å². The predicted molar refractivity (Wildman–Crippen MR) is 17.6 cm³/mol. The van der Waals surface area contributed by atoms with Gasteiger partial charge in [0.15, 0.2) is 0 Å². The molecule has 0 aliphatic rings. The minimum absolute atomic E-state index is 0.639. The molecule has 0 saturated heterocycles. The van der Waals surface area contributed by atoms with Gasteiger partial charge >= 0.3 is 28.0 Å². The summed E-state index contributed by atoms with van der Waals surface area (Å²) < 4.78 is 0. The number of hydrogen-bond acceptors (Lipinski definition) is 1. The molecule has 0 saturated carbocycles. The Morgan fingerprint density at radius 1 is 2.00 bits per heavy atom. The topological polar surface area (TPSA) is 72.6 Å². The number of hydrogen-bond donors (Lipinski definition) is 1. The van der Waals surface area contributed by atoms with E-state index in [9.17, 15) is 0 Å². The van der Waals surface area contributed by atoms with Gasteiger partial charge in [0.25, 0.3) is 0 Å². The number of rotatable bonds is 1. The van der Waals surface area contributed by atoms with Crippen molar-refractivity contribution < 1.29 is 0 Å². The Morgan fingerprint density at radius 2 is 2.60 bits per heavy atom. The van der Waals surface area contributed by atoms with Crippen LogP contribution in [-0.2, 0) is 0 Å². The van der Waals surface area contributed by atoms with Gasteiger partial charge in [0.2, 0.25) is 0 Å². The van der Waals surface area contributed by atoms with Gasteiger partial charge in [0.1, 0.15) is 0 Å². The summed E-state index contributed by atoms with van der Waals surface area (Å²) in [6.45, 7) is 0. The average Bonchev–Trinajstić information content (AvgIpc) is 1.41. The van der Waals surface area contributed by atoms with Crippen molar-refractivity contribution in [1.29, 1.82) is 5.31 Å². The first-order chi connectivity index (χ1) is 2.41. The molecule has 0 aliphatic heterocycles. The van der Waals surface area contributed by atoms with Crippen LogP contribution in [-0.4, -0.2) is 7.21 Å². The predicted octanol–water partition coefficient (Wildman–Crippen LogP) is 0.678. The van der Waals surface area contributed by atoms with Crippen molar-refractivity contribution >= 4 is 7.21 Å². The fraction of sp³-hybridized carbons (Fsp3) is 0. The van der Waals surface area contributed by atoms with E-state index in [0.717, 1.165) is 0 Å². The van der Waals surface area contributed by atoms with Crippen LogP contribution in [0.1, 0.15) is 0 Å². The Kier molecular flexibility index (Phi) is 2.65. The molecule has 0 radical (unpaired) electrons. The number of nitrogens with one attached hydrogen (secondary N) is 1. The molecular weight excluding hydrogens is 66.8 g/mol. The molecule has 0 unspecified atom stereocenters. The first kappa shape index (κ1) is 4.17. The molecule has 0 aromatic rings. The van der Waals surface area contributed by atoms with Crippen LogP contribution in [0.5, 0.6) is 0 Å². The summed E-state index contributed by atoms with van der Waals surface area (Å²) in [4.78, 5) is 2.24. The van der Waals surface area contributed by atoms with Crippen LogP contribution >= 0.6 is 0 Å². The number of nitrogens with zero attached hydrogens (tertiary/aromatic N) is 3. The summed E-state index contributed by atoms with van der Waals surface area (Å²) in [7, 11) is 0.639. The van der Waals surface area contributed by atoms with Gasteiger partial charge in [-0.3, -0.25) is 0 Å². The summed E-state index contributed by atoms with van der Waals surface area (Å²) in [5.41, 5.74) is 7.37. The third-order valence-electron chi connectivity index (χ3n) is 0.109. The van der Waals surface area contributed by atoms with Crippen LogP contribution in [0.4, 0.5) is 0 Å². The molecule has 24 valence electrons. The van der Waals surface area contributed by atoms with Crippen LogP contribution in [0.2, 0.25) is 0 Å². The molecule has 0 aliphatic carbocycles. The maximum atomic E-state index is 7.37. The Morgan fingerprint density at radius 3 is 2.60 bits per heavy atom. The van der Waals surface area contributed by atoms with Gasteiger partial charge in [-0.1, -0.05) is 0 Å². The van der Waals surface area contributed by atoms with E-state index in [4.69, 9.17) is 10.8 Å². The molecular formula is HBN4. The second-order valence-electron chi connectivity index (χ2n) is 0.334. The third-order valence-corrected chi connectivity index (χ3v) is 0.109. The molecule has 5 heteroatoms.